The second-order valence-electron chi connectivity index (χ2n) is 6.66. The van der Waals surface area contributed by atoms with E-state index < -0.39 is 9.84 Å². The summed E-state index contributed by atoms with van der Waals surface area (Å²) in [7, 11) is -2.90. The number of rotatable bonds is 3. The predicted octanol–water partition coefficient (Wildman–Crippen LogP) is 1.13. The van der Waals surface area contributed by atoms with Gasteiger partial charge in [0.1, 0.15) is 9.84 Å². The third-order valence-corrected chi connectivity index (χ3v) is 4.73. The Balaban J connectivity index is 2.70. The van der Waals surface area contributed by atoms with Crippen LogP contribution in [0.1, 0.15) is 34.1 Å². The highest BCUT2D eigenvalue weighted by Gasteiger charge is 2.30. The lowest BCUT2D eigenvalue weighted by Crippen LogP contribution is -2.49. The first kappa shape index (κ1) is 15.9. The molecule has 0 bridgehead atoms. The van der Waals surface area contributed by atoms with Crippen molar-refractivity contribution in [3.63, 3.8) is 0 Å². The van der Waals surface area contributed by atoms with Gasteiger partial charge in [0.15, 0.2) is 0 Å². The highest BCUT2D eigenvalue weighted by atomic mass is 32.2. The van der Waals surface area contributed by atoms with Gasteiger partial charge in [-0.3, -0.25) is 4.90 Å². The highest BCUT2D eigenvalue weighted by Crippen LogP contribution is 2.22. The first-order valence-electron chi connectivity index (χ1n) is 6.75. The zero-order chi connectivity index (χ0) is 14.0. The molecule has 2 unspecified atom stereocenters. The topological polar surface area (TPSA) is 49.4 Å². The van der Waals surface area contributed by atoms with Crippen molar-refractivity contribution in [2.75, 3.05) is 31.6 Å². The van der Waals surface area contributed by atoms with E-state index in [-0.39, 0.29) is 17.2 Å². The Morgan fingerprint density at radius 1 is 1.39 bits per heavy atom. The lowest BCUT2D eigenvalue weighted by Gasteiger charge is -2.36. The summed E-state index contributed by atoms with van der Waals surface area (Å²) in [6, 6.07) is 0.520. The van der Waals surface area contributed by atoms with Crippen LogP contribution in [0.4, 0.5) is 0 Å². The lowest BCUT2D eigenvalue weighted by atomic mass is 9.86. The van der Waals surface area contributed by atoms with E-state index in [4.69, 9.17) is 0 Å². The smallest absolute Gasteiger partial charge is 0.148 e. The average Bonchev–Trinajstić information content (AvgIpc) is 2.38. The molecule has 5 heteroatoms. The normalized spacial score (nSPS) is 25.7. The molecule has 1 rings (SSSR count). The van der Waals surface area contributed by atoms with Crippen molar-refractivity contribution in [2.24, 2.45) is 5.41 Å². The lowest BCUT2D eigenvalue weighted by molar-refractivity contribution is 0.170. The molecule has 0 aromatic carbocycles. The summed E-state index contributed by atoms with van der Waals surface area (Å²) >= 11 is 0. The van der Waals surface area contributed by atoms with Crippen LogP contribution in [-0.4, -0.2) is 57.0 Å². The van der Waals surface area contributed by atoms with Crippen LogP contribution in [0.2, 0.25) is 0 Å². The number of nitrogens with zero attached hydrogens (tertiary/aromatic N) is 1. The molecular weight excluding hydrogens is 248 g/mol. The van der Waals surface area contributed by atoms with Gasteiger partial charge >= 0.3 is 0 Å². The van der Waals surface area contributed by atoms with Crippen LogP contribution >= 0.6 is 0 Å². The first-order chi connectivity index (χ1) is 8.09. The SMILES string of the molecule is CC(CS(C)(=O)=O)N1CCCNC(C(C)(C)C)C1. The highest BCUT2D eigenvalue weighted by molar-refractivity contribution is 7.90. The third kappa shape index (κ3) is 5.24. The van der Waals surface area contributed by atoms with Gasteiger partial charge in [0, 0.05) is 24.9 Å². The Labute approximate surface area is 112 Å². The minimum absolute atomic E-state index is 0.102. The van der Waals surface area contributed by atoms with E-state index in [0.717, 1.165) is 26.1 Å². The first-order valence-corrected chi connectivity index (χ1v) is 8.81. The number of nitrogens with one attached hydrogen (secondary N) is 1. The number of hydrogen-bond acceptors (Lipinski definition) is 4. The van der Waals surface area contributed by atoms with Gasteiger partial charge in [0.05, 0.1) is 5.75 Å². The molecule has 1 fully saturated rings. The molecule has 0 radical (unpaired) electrons. The maximum absolute atomic E-state index is 11.4. The maximum Gasteiger partial charge on any atom is 0.148 e. The van der Waals surface area contributed by atoms with Crippen molar-refractivity contribution in [1.29, 1.82) is 0 Å². The number of hydrogen-bond donors (Lipinski definition) is 1. The molecule has 0 aromatic rings. The second-order valence-corrected chi connectivity index (χ2v) is 8.85. The minimum atomic E-state index is -2.90. The van der Waals surface area contributed by atoms with Crippen LogP contribution in [0.25, 0.3) is 0 Å². The summed E-state index contributed by atoms with van der Waals surface area (Å²) in [4.78, 5) is 2.32. The van der Waals surface area contributed by atoms with E-state index in [9.17, 15) is 8.42 Å². The standard InChI is InChI=1S/C13H28N2O2S/c1-11(10-18(5,16)17)15-8-6-7-14-12(9-15)13(2,3)4/h11-12,14H,6-10H2,1-5H3. The molecule has 1 aliphatic heterocycles. The molecular formula is C13H28N2O2S. The molecule has 18 heavy (non-hydrogen) atoms. The fraction of sp³-hybridized carbons (Fsp3) is 1.00. The fourth-order valence-electron chi connectivity index (χ4n) is 2.47. The molecule has 0 aliphatic carbocycles. The van der Waals surface area contributed by atoms with Crippen molar-refractivity contribution < 1.29 is 8.42 Å². The summed E-state index contributed by atoms with van der Waals surface area (Å²) in [6.45, 7) is 11.6. The minimum Gasteiger partial charge on any atom is -0.312 e. The van der Waals surface area contributed by atoms with Gasteiger partial charge in [-0.05, 0) is 31.8 Å². The molecule has 108 valence electrons. The van der Waals surface area contributed by atoms with Crippen molar-refractivity contribution in [3.8, 4) is 0 Å². The summed E-state index contributed by atoms with van der Waals surface area (Å²) in [6.07, 6.45) is 2.40. The van der Waals surface area contributed by atoms with Crippen molar-refractivity contribution >= 4 is 9.84 Å². The Bertz CT molecular complexity index is 360. The molecule has 0 spiro atoms. The molecule has 0 aromatic heterocycles. The van der Waals surface area contributed by atoms with Crippen LogP contribution in [0.3, 0.4) is 0 Å². The van der Waals surface area contributed by atoms with E-state index in [0.29, 0.717) is 6.04 Å². The Morgan fingerprint density at radius 3 is 2.50 bits per heavy atom. The monoisotopic (exact) mass is 276 g/mol. The van der Waals surface area contributed by atoms with Crippen LogP contribution in [0.15, 0.2) is 0 Å². The van der Waals surface area contributed by atoms with Crippen LogP contribution in [-0.2, 0) is 9.84 Å². The van der Waals surface area contributed by atoms with E-state index in [1.807, 2.05) is 6.92 Å². The molecule has 1 heterocycles. The summed E-state index contributed by atoms with van der Waals surface area (Å²) in [5.41, 5.74) is 0.202. The van der Waals surface area contributed by atoms with Gasteiger partial charge < -0.3 is 5.32 Å². The van der Waals surface area contributed by atoms with Gasteiger partial charge in [-0.1, -0.05) is 20.8 Å². The Morgan fingerprint density at radius 2 is 2.00 bits per heavy atom. The van der Waals surface area contributed by atoms with Gasteiger partial charge in [-0.15, -0.1) is 0 Å². The summed E-state index contributed by atoms with van der Waals surface area (Å²) < 4.78 is 22.8. The average molecular weight is 276 g/mol. The van der Waals surface area contributed by atoms with Gasteiger partial charge in [0.25, 0.3) is 0 Å². The molecule has 0 saturated carbocycles. The van der Waals surface area contributed by atoms with Gasteiger partial charge in [0.2, 0.25) is 0 Å². The number of sulfone groups is 1. The van der Waals surface area contributed by atoms with E-state index in [1.54, 1.807) is 0 Å². The molecule has 1 N–H and O–H groups in total. The van der Waals surface area contributed by atoms with E-state index in [2.05, 4.69) is 31.0 Å². The van der Waals surface area contributed by atoms with E-state index >= 15 is 0 Å². The van der Waals surface area contributed by atoms with Crippen molar-refractivity contribution in [2.45, 2.75) is 46.2 Å². The van der Waals surface area contributed by atoms with Crippen LogP contribution in [0, 0.1) is 5.41 Å². The third-order valence-electron chi connectivity index (χ3n) is 3.64. The Kier molecular flexibility index (Phi) is 5.21. The van der Waals surface area contributed by atoms with Crippen LogP contribution < -0.4 is 5.32 Å². The van der Waals surface area contributed by atoms with Crippen molar-refractivity contribution in [1.82, 2.24) is 10.2 Å². The van der Waals surface area contributed by atoms with E-state index in [1.165, 1.54) is 6.26 Å². The largest absolute Gasteiger partial charge is 0.312 e. The zero-order valence-electron chi connectivity index (χ0n) is 12.4. The second kappa shape index (κ2) is 5.88. The summed E-state index contributed by atoms with van der Waals surface area (Å²) in [5.74, 6) is 0.254. The molecule has 1 aliphatic rings. The van der Waals surface area contributed by atoms with Gasteiger partial charge in [-0.25, -0.2) is 8.42 Å². The Hall–Kier alpha value is -0.130. The van der Waals surface area contributed by atoms with Gasteiger partial charge in [-0.2, -0.15) is 0 Å². The summed E-state index contributed by atoms with van der Waals surface area (Å²) in [5, 5.41) is 3.58. The predicted molar refractivity (Wildman–Crippen MR) is 76.6 cm³/mol. The molecule has 1 saturated heterocycles. The fourth-order valence-corrected chi connectivity index (χ4v) is 3.56. The molecule has 4 nitrogen and oxygen atoms in total. The van der Waals surface area contributed by atoms with Crippen molar-refractivity contribution in [3.05, 3.63) is 0 Å². The zero-order valence-corrected chi connectivity index (χ0v) is 13.2. The maximum atomic E-state index is 11.4. The quantitative estimate of drug-likeness (QED) is 0.839. The molecule has 0 amide bonds. The van der Waals surface area contributed by atoms with Crippen LogP contribution in [0.5, 0.6) is 0 Å². The molecule has 2 atom stereocenters.